The van der Waals surface area contributed by atoms with Crippen LogP contribution in [0.1, 0.15) is 48.0 Å². The fraction of sp³-hybridized carbons (Fsp3) is 0.571. The summed E-state index contributed by atoms with van der Waals surface area (Å²) in [6.07, 6.45) is 9.20. The molecular weight excluding hydrogens is 168 g/mol. The molecule has 0 atom stereocenters. The molecule has 0 aromatic carbocycles. The first-order valence-corrected chi connectivity index (χ1v) is 5.44. The van der Waals surface area contributed by atoms with Gasteiger partial charge in [-0.1, -0.05) is 71.1 Å². The predicted molar refractivity (Wildman–Crippen MR) is 68.5 cm³/mol. The minimum absolute atomic E-state index is 0.368. The van der Waals surface area contributed by atoms with Gasteiger partial charge in [0.2, 0.25) is 0 Å². The monoisotopic (exact) mass is 194 g/mol. The summed E-state index contributed by atoms with van der Waals surface area (Å²) < 4.78 is 0. The van der Waals surface area contributed by atoms with E-state index in [1.54, 1.807) is 0 Å². The van der Waals surface area contributed by atoms with Gasteiger partial charge >= 0.3 is 0 Å². The maximum absolute atomic E-state index is 3.65. The molecule has 0 amide bonds. The van der Waals surface area contributed by atoms with E-state index >= 15 is 0 Å². The Labute approximate surface area is 90.4 Å². The standard InChI is InChI=1S/C12H20.C2H6/c1-6-8-9-11(7-2)10-12(3,4)5;1-2/h6-9H,1,10H2,2-5H3;1-2H3/b9-8-,11-7+;. The second-order valence-corrected chi connectivity index (χ2v) is 4.20. The summed E-state index contributed by atoms with van der Waals surface area (Å²) in [5.41, 5.74) is 1.75. The van der Waals surface area contributed by atoms with Gasteiger partial charge in [-0.2, -0.15) is 0 Å². The number of rotatable bonds is 3. The van der Waals surface area contributed by atoms with E-state index in [0.717, 1.165) is 6.42 Å². The first kappa shape index (κ1) is 15.7. The lowest BCUT2D eigenvalue weighted by Gasteiger charge is -2.18. The molecule has 0 aliphatic rings. The van der Waals surface area contributed by atoms with Crippen molar-refractivity contribution in [2.45, 2.75) is 48.0 Å². The van der Waals surface area contributed by atoms with Crippen molar-refractivity contribution in [1.82, 2.24) is 0 Å². The highest BCUT2D eigenvalue weighted by molar-refractivity contribution is 5.21. The normalized spacial score (nSPS) is 12.3. The van der Waals surface area contributed by atoms with Crippen LogP contribution in [0.2, 0.25) is 0 Å². The minimum atomic E-state index is 0.368. The number of hydrogen-bond donors (Lipinski definition) is 0. The summed E-state index contributed by atoms with van der Waals surface area (Å²) in [7, 11) is 0. The Morgan fingerprint density at radius 2 is 1.71 bits per heavy atom. The van der Waals surface area contributed by atoms with Crippen LogP contribution in [0.4, 0.5) is 0 Å². The van der Waals surface area contributed by atoms with E-state index in [2.05, 4.69) is 46.4 Å². The molecule has 0 N–H and O–H groups in total. The summed E-state index contributed by atoms with van der Waals surface area (Å²) in [5, 5.41) is 0. The van der Waals surface area contributed by atoms with E-state index < -0.39 is 0 Å². The van der Waals surface area contributed by atoms with Crippen molar-refractivity contribution >= 4 is 0 Å². The molecule has 0 unspecified atom stereocenters. The Kier molecular flexibility index (Phi) is 9.86. The molecular formula is C14H26. The average molecular weight is 194 g/mol. The van der Waals surface area contributed by atoms with Crippen LogP contribution in [0.5, 0.6) is 0 Å². The molecule has 0 aliphatic heterocycles. The molecule has 0 aromatic heterocycles. The lowest BCUT2D eigenvalue weighted by molar-refractivity contribution is 0.413. The highest BCUT2D eigenvalue weighted by atomic mass is 14.2. The first-order chi connectivity index (χ1) is 6.49. The van der Waals surface area contributed by atoms with Gasteiger partial charge in [0, 0.05) is 0 Å². The van der Waals surface area contributed by atoms with E-state index in [4.69, 9.17) is 0 Å². The summed E-state index contributed by atoms with van der Waals surface area (Å²) in [6.45, 7) is 16.5. The topological polar surface area (TPSA) is 0 Å². The zero-order valence-corrected chi connectivity index (χ0v) is 10.7. The predicted octanol–water partition coefficient (Wildman–Crippen LogP) is 5.14. The van der Waals surface area contributed by atoms with Gasteiger partial charge in [0.15, 0.2) is 0 Å². The molecule has 0 radical (unpaired) electrons. The third kappa shape index (κ3) is 11.2. The van der Waals surface area contributed by atoms with Crippen molar-refractivity contribution in [1.29, 1.82) is 0 Å². The Balaban J connectivity index is 0. The zero-order valence-electron chi connectivity index (χ0n) is 10.7. The van der Waals surface area contributed by atoms with Crippen LogP contribution in [0.3, 0.4) is 0 Å². The Morgan fingerprint density at radius 1 is 1.21 bits per heavy atom. The maximum atomic E-state index is 3.65. The molecule has 0 rings (SSSR count). The fourth-order valence-corrected chi connectivity index (χ4v) is 1.06. The SMILES string of the molecule is C=C/C=C\C(=C/C)CC(C)(C)C.CC. The molecule has 0 aromatic rings. The third-order valence-corrected chi connectivity index (χ3v) is 1.55. The van der Waals surface area contributed by atoms with E-state index in [1.807, 2.05) is 26.0 Å². The molecule has 0 bridgehead atoms. The van der Waals surface area contributed by atoms with Gasteiger partial charge in [0.25, 0.3) is 0 Å². The molecule has 0 saturated heterocycles. The van der Waals surface area contributed by atoms with Crippen molar-refractivity contribution in [3.63, 3.8) is 0 Å². The quantitative estimate of drug-likeness (QED) is 0.546. The van der Waals surface area contributed by atoms with Crippen molar-refractivity contribution in [3.8, 4) is 0 Å². The smallest absolute Gasteiger partial charge is 0.0233 e. The minimum Gasteiger partial charge on any atom is -0.0991 e. The first-order valence-electron chi connectivity index (χ1n) is 5.44. The van der Waals surface area contributed by atoms with Crippen molar-refractivity contribution < 1.29 is 0 Å². The van der Waals surface area contributed by atoms with Crippen molar-refractivity contribution in [3.05, 3.63) is 36.5 Å². The molecule has 0 nitrogen and oxygen atoms in total. The van der Waals surface area contributed by atoms with Gasteiger partial charge in [-0.3, -0.25) is 0 Å². The number of allylic oxidation sites excluding steroid dienone is 5. The lowest BCUT2D eigenvalue weighted by atomic mass is 9.88. The molecule has 0 spiro atoms. The van der Waals surface area contributed by atoms with E-state index in [1.165, 1.54) is 5.57 Å². The van der Waals surface area contributed by atoms with Gasteiger partial charge in [-0.25, -0.2) is 0 Å². The van der Waals surface area contributed by atoms with Gasteiger partial charge in [-0.05, 0) is 18.8 Å². The molecule has 0 heteroatoms. The van der Waals surface area contributed by atoms with E-state index in [0.29, 0.717) is 5.41 Å². The lowest BCUT2D eigenvalue weighted by Crippen LogP contribution is -2.05. The Hall–Kier alpha value is -0.780. The molecule has 14 heavy (non-hydrogen) atoms. The van der Waals surface area contributed by atoms with Gasteiger partial charge in [-0.15, -0.1) is 0 Å². The molecule has 0 heterocycles. The largest absolute Gasteiger partial charge is 0.0991 e. The van der Waals surface area contributed by atoms with Crippen molar-refractivity contribution in [2.75, 3.05) is 0 Å². The van der Waals surface area contributed by atoms with Gasteiger partial charge < -0.3 is 0 Å². The Bertz CT molecular complexity index is 187. The van der Waals surface area contributed by atoms with Crippen LogP contribution in [0.25, 0.3) is 0 Å². The maximum Gasteiger partial charge on any atom is -0.0233 e. The van der Waals surface area contributed by atoms with E-state index in [-0.39, 0.29) is 0 Å². The van der Waals surface area contributed by atoms with Crippen LogP contribution in [0.15, 0.2) is 36.5 Å². The van der Waals surface area contributed by atoms with Crippen LogP contribution in [-0.2, 0) is 0 Å². The van der Waals surface area contributed by atoms with E-state index in [9.17, 15) is 0 Å². The summed E-state index contributed by atoms with van der Waals surface area (Å²) in [6, 6.07) is 0. The van der Waals surface area contributed by atoms with Crippen LogP contribution in [0, 0.1) is 5.41 Å². The Morgan fingerprint density at radius 3 is 2.00 bits per heavy atom. The average Bonchev–Trinajstić information content (AvgIpc) is 2.14. The van der Waals surface area contributed by atoms with Gasteiger partial charge in [0.1, 0.15) is 0 Å². The third-order valence-electron chi connectivity index (χ3n) is 1.55. The second-order valence-electron chi connectivity index (χ2n) is 4.20. The summed E-state index contributed by atoms with van der Waals surface area (Å²) in [4.78, 5) is 0. The van der Waals surface area contributed by atoms with Crippen molar-refractivity contribution in [2.24, 2.45) is 5.41 Å². The molecule has 0 fully saturated rings. The van der Waals surface area contributed by atoms with Gasteiger partial charge in [0.05, 0.1) is 0 Å². The number of hydrogen-bond acceptors (Lipinski definition) is 0. The molecule has 82 valence electrons. The zero-order chi connectivity index (χ0) is 11.6. The fourth-order valence-electron chi connectivity index (χ4n) is 1.06. The van der Waals surface area contributed by atoms with Crippen LogP contribution >= 0.6 is 0 Å². The summed E-state index contributed by atoms with van der Waals surface area (Å²) in [5.74, 6) is 0. The summed E-state index contributed by atoms with van der Waals surface area (Å²) >= 11 is 0. The highest BCUT2D eigenvalue weighted by Crippen LogP contribution is 2.24. The van der Waals surface area contributed by atoms with Crippen LogP contribution in [-0.4, -0.2) is 0 Å². The highest BCUT2D eigenvalue weighted by Gasteiger charge is 2.10. The molecule has 0 aliphatic carbocycles. The second kappa shape index (κ2) is 8.80. The van der Waals surface area contributed by atoms with Crippen LogP contribution < -0.4 is 0 Å². The molecule has 0 saturated carbocycles.